The number of carbonyl (C=O) groups is 2. The highest BCUT2D eigenvalue weighted by Gasteiger charge is 2.16. The van der Waals surface area contributed by atoms with Crippen LogP contribution in [0.15, 0.2) is 35.3 Å². The molecule has 3 aromatic rings. The fourth-order valence-electron chi connectivity index (χ4n) is 2.49. The van der Waals surface area contributed by atoms with Gasteiger partial charge in [0.1, 0.15) is 4.88 Å². The lowest BCUT2D eigenvalue weighted by atomic mass is 9.99. The zero-order chi connectivity index (χ0) is 16.5. The third kappa shape index (κ3) is 2.93. The Balaban J connectivity index is 1.54. The monoisotopic (exact) mass is 356 g/mol. The fraction of sp³-hybridized carbons (Fsp3) is 0.125. The molecule has 0 bridgehead atoms. The second-order valence-corrected chi connectivity index (χ2v) is 7.02. The molecule has 120 valence electrons. The van der Waals surface area contributed by atoms with Crippen LogP contribution in [-0.4, -0.2) is 21.8 Å². The number of fused-ring (bicyclic) bond motifs is 1. The number of aromatic nitrogens is 2. The van der Waals surface area contributed by atoms with Crippen molar-refractivity contribution < 1.29 is 9.59 Å². The van der Waals surface area contributed by atoms with Crippen LogP contribution in [0.1, 0.15) is 21.7 Å². The van der Waals surface area contributed by atoms with Gasteiger partial charge in [0.2, 0.25) is 5.91 Å². The van der Waals surface area contributed by atoms with Crippen molar-refractivity contribution in [3.63, 3.8) is 0 Å². The first-order chi connectivity index (χ1) is 11.7. The van der Waals surface area contributed by atoms with Crippen molar-refractivity contribution in [3.05, 3.63) is 45.7 Å². The number of nitrogens with zero attached hydrogens (tertiary/aromatic N) is 2. The molecular weight excluding hydrogens is 344 g/mol. The maximum Gasteiger partial charge on any atom is 0.269 e. The van der Waals surface area contributed by atoms with E-state index in [4.69, 9.17) is 0 Å². The Hall–Kier alpha value is -2.58. The molecular formula is C16H12N4O2S2. The number of thiazole rings is 2. The molecule has 4 rings (SSSR count). The van der Waals surface area contributed by atoms with Gasteiger partial charge < -0.3 is 5.32 Å². The maximum absolute atomic E-state index is 12.0. The third-order valence-corrected chi connectivity index (χ3v) is 5.21. The van der Waals surface area contributed by atoms with Crippen molar-refractivity contribution in [3.8, 4) is 11.3 Å². The summed E-state index contributed by atoms with van der Waals surface area (Å²) in [5.74, 6) is -0.150. The molecule has 0 radical (unpaired) electrons. The number of nitrogens with one attached hydrogen (secondary N) is 2. The average molecular weight is 356 g/mol. The second-order valence-electron chi connectivity index (χ2n) is 5.28. The van der Waals surface area contributed by atoms with Crippen LogP contribution in [-0.2, 0) is 11.2 Å². The van der Waals surface area contributed by atoms with E-state index in [1.54, 1.807) is 5.51 Å². The van der Waals surface area contributed by atoms with Gasteiger partial charge in [-0.25, -0.2) is 4.98 Å². The first kappa shape index (κ1) is 15.0. The Bertz CT molecular complexity index is 918. The number of rotatable bonds is 3. The van der Waals surface area contributed by atoms with Crippen LogP contribution in [0.5, 0.6) is 0 Å². The smallest absolute Gasteiger partial charge is 0.269 e. The Labute approximate surface area is 145 Å². The van der Waals surface area contributed by atoms with E-state index >= 15 is 0 Å². The molecule has 2 aromatic heterocycles. The summed E-state index contributed by atoms with van der Waals surface area (Å²) in [4.78, 5) is 32.4. The molecule has 0 saturated heterocycles. The van der Waals surface area contributed by atoms with Crippen molar-refractivity contribution >= 4 is 45.3 Å². The van der Waals surface area contributed by atoms with Crippen LogP contribution in [0, 0.1) is 0 Å². The molecule has 1 aliphatic rings. The minimum atomic E-state index is -0.202. The number of hydrogen-bond donors (Lipinski definition) is 2. The van der Waals surface area contributed by atoms with Gasteiger partial charge in [0.25, 0.3) is 5.91 Å². The van der Waals surface area contributed by atoms with Gasteiger partial charge in [0, 0.05) is 23.1 Å². The zero-order valence-electron chi connectivity index (χ0n) is 12.4. The molecule has 0 atom stereocenters. The topological polar surface area (TPSA) is 84.0 Å². The molecule has 6 nitrogen and oxygen atoms in total. The van der Waals surface area contributed by atoms with Crippen LogP contribution in [0.2, 0.25) is 0 Å². The molecule has 0 fully saturated rings. The predicted octanol–water partition coefficient (Wildman–Crippen LogP) is 3.40. The maximum atomic E-state index is 12.0. The molecule has 1 aromatic carbocycles. The number of anilines is 2. The van der Waals surface area contributed by atoms with Gasteiger partial charge >= 0.3 is 0 Å². The van der Waals surface area contributed by atoms with Crippen LogP contribution >= 0.6 is 22.7 Å². The van der Waals surface area contributed by atoms with E-state index in [9.17, 15) is 9.59 Å². The normalized spacial score (nSPS) is 13.2. The molecule has 0 aliphatic carbocycles. The van der Waals surface area contributed by atoms with E-state index < -0.39 is 0 Å². The van der Waals surface area contributed by atoms with E-state index in [1.807, 2.05) is 23.6 Å². The van der Waals surface area contributed by atoms with E-state index in [0.717, 1.165) is 28.9 Å². The van der Waals surface area contributed by atoms with Crippen LogP contribution in [0.3, 0.4) is 0 Å². The predicted molar refractivity (Wildman–Crippen MR) is 94.6 cm³/mol. The first-order valence-corrected chi connectivity index (χ1v) is 9.03. The number of carbonyl (C=O) groups excluding carboxylic acids is 2. The van der Waals surface area contributed by atoms with Gasteiger partial charge in [-0.05, 0) is 24.1 Å². The van der Waals surface area contributed by atoms with Crippen LogP contribution in [0.25, 0.3) is 11.3 Å². The van der Waals surface area contributed by atoms with E-state index in [0.29, 0.717) is 16.4 Å². The molecule has 0 unspecified atom stereocenters. The van der Waals surface area contributed by atoms with Gasteiger partial charge in [0.05, 0.1) is 17.4 Å². The minimum Gasteiger partial charge on any atom is -0.326 e. The highest BCUT2D eigenvalue weighted by molar-refractivity contribution is 7.14. The summed E-state index contributed by atoms with van der Waals surface area (Å²) in [7, 11) is 0. The number of benzene rings is 1. The standard InChI is InChI=1S/C16H12N4O2S2/c21-14-4-2-9-5-10(1-3-11(9)18-14)12-7-23-16(19-12)20-15(22)13-6-17-8-24-13/h1,3,5-8H,2,4H2,(H,18,21)(H,19,20,22). The molecule has 1 aliphatic heterocycles. The Morgan fingerprint density at radius 2 is 2.17 bits per heavy atom. The lowest BCUT2D eigenvalue weighted by Crippen LogP contribution is -2.18. The van der Waals surface area contributed by atoms with E-state index in [-0.39, 0.29) is 11.8 Å². The van der Waals surface area contributed by atoms with Crippen molar-refractivity contribution in [1.82, 2.24) is 9.97 Å². The van der Waals surface area contributed by atoms with Gasteiger partial charge in [-0.3, -0.25) is 19.9 Å². The third-order valence-electron chi connectivity index (χ3n) is 3.68. The Kier molecular flexibility index (Phi) is 3.83. The molecule has 8 heteroatoms. The highest BCUT2D eigenvalue weighted by atomic mass is 32.1. The molecule has 2 amide bonds. The van der Waals surface area contributed by atoms with Gasteiger partial charge in [-0.1, -0.05) is 6.07 Å². The SMILES string of the molecule is O=C1CCc2cc(-c3csc(NC(=O)c4cncs4)n3)ccc2N1. The number of amides is 2. The number of aryl methyl sites for hydroxylation is 1. The molecule has 24 heavy (non-hydrogen) atoms. The van der Waals surface area contributed by atoms with E-state index in [2.05, 4.69) is 20.6 Å². The van der Waals surface area contributed by atoms with Gasteiger partial charge in [0.15, 0.2) is 5.13 Å². The van der Waals surface area contributed by atoms with Crippen LogP contribution in [0.4, 0.5) is 10.8 Å². The summed E-state index contributed by atoms with van der Waals surface area (Å²) in [6, 6.07) is 5.86. The summed E-state index contributed by atoms with van der Waals surface area (Å²) in [5, 5.41) is 8.11. The molecule has 3 heterocycles. The fourth-order valence-corrected chi connectivity index (χ4v) is 3.72. The summed E-state index contributed by atoms with van der Waals surface area (Å²) in [6.45, 7) is 0. The van der Waals surface area contributed by atoms with E-state index in [1.165, 1.54) is 28.9 Å². The number of hydrogen-bond acceptors (Lipinski definition) is 6. The Morgan fingerprint density at radius 3 is 3.00 bits per heavy atom. The summed E-state index contributed by atoms with van der Waals surface area (Å²) in [6.07, 6.45) is 2.77. The van der Waals surface area contributed by atoms with Crippen LogP contribution < -0.4 is 10.6 Å². The van der Waals surface area contributed by atoms with Crippen molar-refractivity contribution in [2.24, 2.45) is 0 Å². The largest absolute Gasteiger partial charge is 0.326 e. The first-order valence-electron chi connectivity index (χ1n) is 7.27. The average Bonchev–Trinajstić information content (AvgIpc) is 3.26. The lowest BCUT2D eigenvalue weighted by molar-refractivity contribution is -0.116. The Morgan fingerprint density at radius 1 is 1.25 bits per heavy atom. The minimum absolute atomic E-state index is 0.0528. The highest BCUT2D eigenvalue weighted by Crippen LogP contribution is 2.30. The van der Waals surface area contributed by atoms with Crippen molar-refractivity contribution in [2.75, 3.05) is 10.6 Å². The lowest BCUT2D eigenvalue weighted by Gasteiger charge is -2.17. The summed E-state index contributed by atoms with van der Waals surface area (Å²) in [5.41, 5.74) is 5.37. The van der Waals surface area contributed by atoms with Crippen molar-refractivity contribution in [2.45, 2.75) is 12.8 Å². The van der Waals surface area contributed by atoms with Crippen molar-refractivity contribution in [1.29, 1.82) is 0 Å². The second kappa shape index (κ2) is 6.14. The molecule has 2 N–H and O–H groups in total. The van der Waals surface area contributed by atoms with Gasteiger partial charge in [-0.15, -0.1) is 22.7 Å². The zero-order valence-corrected chi connectivity index (χ0v) is 14.0. The quantitative estimate of drug-likeness (QED) is 0.753. The summed E-state index contributed by atoms with van der Waals surface area (Å²) < 4.78 is 0. The van der Waals surface area contributed by atoms with Gasteiger partial charge in [-0.2, -0.15) is 0 Å². The molecule has 0 spiro atoms. The molecule has 0 saturated carbocycles. The summed E-state index contributed by atoms with van der Waals surface area (Å²) >= 11 is 2.67.